The summed E-state index contributed by atoms with van der Waals surface area (Å²) in [5, 5.41) is 103. The van der Waals surface area contributed by atoms with E-state index in [-0.39, 0.29) is 36.8 Å². The van der Waals surface area contributed by atoms with E-state index in [0.29, 0.717) is 0 Å². The molecule has 0 bridgehead atoms. The summed E-state index contributed by atoms with van der Waals surface area (Å²) in [5.41, 5.74) is 11.1. The Labute approximate surface area is 563 Å². The van der Waals surface area contributed by atoms with Crippen molar-refractivity contribution in [2.45, 2.75) is 214 Å². The average Bonchev–Trinajstić information content (AvgIpc) is 1.41. The number of likely N-dealkylation sites (N-methyl/N-ethyl adjacent to an activating group) is 2. The van der Waals surface area contributed by atoms with Crippen molar-refractivity contribution < 1.29 is 127 Å². The normalized spacial score (nSPS) is 39.1. The van der Waals surface area contributed by atoms with Crippen molar-refractivity contribution in [1.29, 1.82) is 0 Å². The fourth-order valence-electron chi connectivity index (χ4n) is 17.7. The Morgan fingerprint density at radius 1 is 0.490 bits per heavy atom. The Balaban J connectivity index is 1.22. The van der Waals surface area contributed by atoms with Gasteiger partial charge in [-0.15, -0.1) is 0 Å². The predicted octanol–water partition coefficient (Wildman–Crippen LogP) is 0.273. The number of rotatable bonds is 17. The summed E-state index contributed by atoms with van der Waals surface area (Å²) in [4.78, 5) is 95.5. The van der Waals surface area contributed by atoms with Gasteiger partial charge in [-0.05, 0) is 93.0 Å². The van der Waals surface area contributed by atoms with E-state index >= 15 is 9.59 Å². The molecule has 2 aromatic rings. The molecule has 2 unspecified atom stereocenters. The van der Waals surface area contributed by atoms with E-state index in [4.69, 9.17) is 47.4 Å². The van der Waals surface area contributed by atoms with E-state index in [0.717, 1.165) is 24.3 Å². The highest BCUT2D eigenvalue weighted by Crippen LogP contribution is 2.66. The van der Waals surface area contributed by atoms with Crippen molar-refractivity contribution in [3.63, 3.8) is 0 Å². The van der Waals surface area contributed by atoms with Gasteiger partial charge in [0.1, 0.15) is 58.6 Å². The number of methoxy groups -OCH3 is 2. The van der Waals surface area contributed by atoms with E-state index in [1.54, 1.807) is 51.8 Å². The van der Waals surface area contributed by atoms with Gasteiger partial charge in [-0.2, -0.15) is 0 Å². The number of fused-ring (bicyclic) bond motifs is 6. The maximum absolute atomic E-state index is 17.9. The van der Waals surface area contributed by atoms with Gasteiger partial charge in [0.15, 0.2) is 71.9 Å². The fourth-order valence-corrected chi connectivity index (χ4v) is 17.7. The predicted molar refractivity (Wildman–Crippen MR) is 334 cm³/mol. The zero-order chi connectivity index (χ0) is 71.1. The van der Waals surface area contributed by atoms with E-state index in [1.807, 2.05) is 0 Å². The highest BCUT2D eigenvalue weighted by atomic mass is 16.7. The monoisotopic (exact) mass is 1370 g/mol. The third kappa shape index (κ3) is 10.6. The minimum atomic E-state index is -2.61. The van der Waals surface area contributed by atoms with Crippen LogP contribution in [0.15, 0.2) is 35.5 Å². The molecule has 30 nitrogen and oxygen atoms in total. The first-order chi connectivity index (χ1) is 46.4. The van der Waals surface area contributed by atoms with Gasteiger partial charge in [0.05, 0.1) is 106 Å². The molecule has 4 fully saturated rings. The molecule has 10 N–H and O–H groups in total. The highest BCUT2D eigenvalue weighted by molar-refractivity contribution is 6.34. The first-order valence-electron chi connectivity index (χ1n) is 33.0. The van der Waals surface area contributed by atoms with Gasteiger partial charge in [0, 0.05) is 73.3 Å². The third-order valence-corrected chi connectivity index (χ3v) is 22.0. The first kappa shape index (κ1) is 71.0. The molecule has 0 saturated carbocycles. The minimum Gasteiger partial charge on any atom is -0.508 e. The summed E-state index contributed by atoms with van der Waals surface area (Å²) in [5.74, 6) is -15.0. The number of carbonyl (C=O) groups is 6. The number of aromatic hydroxyl groups is 4. The number of nitrogens with one attached hydrogen (secondary N) is 2. The number of carbonyl (C=O) groups excluding carboxylic acids is 6. The van der Waals surface area contributed by atoms with Crippen molar-refractivity contribution in [3.8, 4) is 23.0 Å². The summed E-state index contributed by atoms with van der Waals surface area (Å²) in [6, 6.07) is -5.17. The molecule has 30 heteroatoms. The number of ether oxygens (including phenoxy) is 10. The Kier molecular flexibility index (Phi) is 19.0. The molecule has 98 heavy (non-hydrogen) atoms. The average molecular weight is 1370 g/mol. The zero-order valence-corrected chi connectivity index (χ0v) is 56.2. The Morgan fingerprint density at radius 2 is 0.806 bits per heavy atom. The molecule has 12 rings (SSSR count). The number of Topliss-reactive ketones (excluding diaryl/α,β-unsaturated/α-hetero) is 2. The van der Waals surface area contributed by atoms with Crippen LogP contribution in [0.25, 0.3) is 22.2 Å². The topological polar surface area (TPSA) is 436 Å². The van der Waals surface area contributed by atoms with E-state index in [9.17, 15) is 71.1 Å². The molecule has 2 aromatic carbocycles. The van der Waals surface area contributed by atoms with Crippen LogP contribution < -0.4 is 10.2 Å². The number of ketones is 6. The van der Waals surface area contributed by atoms with E-state index in [2.05, 4.69) is 10.2 Å². The lowest BCUT2D eigenvalue weighted by atomic mass is 9.54. The van der Waals surface area contributed by atoms with Gasteiger partial charge >= 0.3 is 0 Å². The number of hydrogen-bond donors (Lipinski definition) is 10. The number of hydrogen-bond acceptors (Lipinski definition) is 26. The molecular weight excluding hydrogens is 1280 g/mol. The van der Waals surface area contributed by atoms with Gasteiger partial charge < -0.3 is 119 Å². The standard InChI is InChI=1S/C68H84N6O24/c1-13-67(97-37-21-33(89-11)57(81)25(5)93-37)51(63(87)45-43-47(61(85)41-29(77)17-15-27(75)39(41)59(43)83)53(71-69)49(45)65(67)95-35-19-31(79)55(73(7)8)23(3)91-35)52-64(88)46-44-48(62(86)42-30(78)18-16-28(76)40(42)60(44)84)54(72-70)50(46)66(96-36-20-32(80)56(74(9)10)24(4)92-36)68(52,14-2)98-38-22-34(90-12)58(82)26(6)94-38/h15-18,23-26,31-38,51-58,65-66,71-72,79-86H,13-14,19-22H2,1-12H3/t23-,24+,25-,26-,31-,32+,33-,34-,35+,36+,37-,38-,51+,52+,53?,54?,55+,56-,57+,58-,65-,66-,67+,68+/m1/s1. The number of benzene rings is 2. The number of allylic oxidation sites excluding steroid dienone is 6. The molecule has 4 heterocycles. The summed E-state index contributed by atoms with van der Waals surface area (Å²) < 4.78 is 67.8. The fraction of sp³-hybridized carbons (Fsp3) is 0.618. The van der Waals surface area contributed by atoms with Crippen molar-refractivity contribution in [1.82, 2.24) is 9.80 Å². The second-order valence-electron chi connectivity index (χ2n) is 27.5. The maximum atomic E-state index is 17.9. The van der Waals surface area contributed by atoms with Crippen molar-refractivity contribution >= 4 is 45.8 Å². The number of nitrogens with zero attached hydrogens (tertiary/aromatic N) is 4. The van der Waals surface area contributed by atoms with Crippen LogP contribution in [0.3, 0.4) is 0 Å². The molecule has 6 aliphatic carbocycles. The van der Waals surface area contributed by atoms with Gasteiger partial charge in [0.25, 0.3) is 0 Å². The molecule has 10 aliphatic rings. The molecule has 0 aromatic heterocycles. The Bertz CT molecular complexity index is 3560. The van der Waals surface area contributed by atoms with Gasteiger partial charge in [-0.25, -0.2) is 0 Å². The quantitative estimate of drug-likeness (QED) is 0.0751. The minimum absolute atomic E-state index is 0.329. The van der Waals surface area contributed by atoms with Crippen molar-refractivity contribution in [2.75, 3.05) is 42.4 Å². The van der Waals surface area contributed by atoms with Crippen molar-refractivity contribution in [2.24, 2.45) is 11.8 Å². The second-order valence-corrected chi connectivity index (χ2v) is 27.5. The lowest BCUT2D eigenvalue weighted by Crippen LogP contribution is -2.74. The van der Waals surface area contributed by atoms with Crippen LogP contribution in [0, 0.1) is 11.8 Å². The van der Waals surface area contributed by atoms with E-state index < -0.39 is 272 Å². The highest BCUT2D eigenvalue weighted by Gasteiger charge is 2.73. The lowest BCUT2D eigenvalue weighted by Gasteiger charge is -2.58. The molecule has 0 radical (unpaired) electrons. The third-order valence-electron chi connectivity index (χ3n) is 22.0. The van der Waals surface area contributed by atoms with Crippen LogP contribution in [0.5, 0.6) is 23.0 Å². The van der Waals surface area contributed by atoms with Crippen LogP contribution in [0.4, 0.5) is 0 Å². The van der Waals surface area contributed by atoms with Crippen LogP contribution in [0.2, 0.25) is 0 Å². The van der Waals surface area contributed by atoms with E-state index in [1.165, 1.54) is 41.9 Å². The van der Waals surface area contributed by atoms with Crippen LogP contribution in [0.1, 0.15) is 156 Å². The SMILES string of the molecule is CC[C@@]1(O[C@@H]2C[C@@H](OC)[C@H](O)[C@@H](C)O2)[C@H](O[C@H]2C[C@H](O)[C@H](N(C)C)[C@H](C)O2)C2=C(C(=O)[C@@H]1[C@H]1C(=O)C3=C(C([NH+]=[N-])c4c(O)c5c(c(O)c43)C(=O)C=CC5=O)[C@@H](O[C@H]3C[C@@H](O)[C@@H](N(C)C)[C@@H](C)O3)[C@@]1(CC)O[C@@H]1C[C@@H](OC)[C@@H](O)[C@@H](C)O1)c1c(O)c3c(c(O)c1C2[NH+]=[N-])C(=O)C=CC3=O. The summed E-state index contributed by atoms with van der Waals surface area (Å²) in [7, 11) is 9.54. The number of phenolic OH excluding ortho intramolecular Hbond substituents is 4. The Hall–Kier alpha value is -6.82. The molecule has 24 atom stereocenters. The van der Waals surface area contributed by atoms with Crippen LogP contribution in [-0.2, 0) is 57.0 Å². The largest absolute Gasteiger partial charge is 0.508 e. The van der Waals surface area contributed by atoms with Crippen LogP contribution >= 0.6 is 0 Å². The number of phenols is 4. The van der Waals surface area contributed by atoms with Crippen LogP contribution in [-0.4, -0.2) is 249 Å². The molecule has 4 aliphatic heterocycles. The molecule has 4 saturated heterocycles. The zero-order valence-electron chi connectivity index (χ0n) is 56.2. The number of aliphatic hydroxyl groups excluding tert-OH is 4. The first-order valence-corrected chi connectivity index (χ1v) is 33.0. The molecular formula is C68H84N6O24. The summed E-state index contributed by atoms with van der Waals surface area (Å²) in [6.07, 6.45) is -20.5. The second kappa shape index (κ2) is 26.3. The number of aliphatic hydroxyl groups is 4. The van der Waals surface area contributed by atoms with Gasteiger partial charge in [-0.3, -0.25) is 28.8 Å². The molecule has 0 amide bonds. The van der Waals surface area contributed by atoms with Gasteiger partial charge in [-0.1, -0.05) is 13.8 Å². The van der Waals surface area contributed by atoms with Gasteiger partial charge in [0.2, 0.25) is 0 Å². The summed E-state index contributed by atoms with van der Waals surface area (Å²) >= 11 is 0. The molecule has 0 spiro atoms. The maximum Gasteiger partial charge on any atom is 0.195 e. The summed E-state index contributed by atoms with van der Waals surface area (Å²) in [6.45, 7) is 9.44. The Morgan fingerprint density at radius 3 is 1.09 bits per heavy atom. The molecule has 530 valence electrons. The smallest absolute Gasteiger partial charge is 0.195 e. The van der Waals surface area contributed by atoms with Crippen molar-refractivity contribution in [3.05, 3.63) is 91.0 Å². The lowest BCUT2D eigenvalue weighted by molar-refractivity contribution is -0.523.